The molecule has 1 aromatic heterocycles. The molecular weight excluding hydrogens is 475 g/mol. The number of carbonyl (C=O) groups excluding carboxylic acids is 1. The summed E-state index contributed by atoms with van der Waals surface area (Å²) in [4.78, 5) is 17.1. The maximum atomic E-state index is 12.4. The number of urea groups is 1. The van der Waals surface area contributed by atoms with Crippen molar-refractivity contribution in [2.24, 2.45) is 0 Å². The lowest BCUT2D eigenvalue weighted by molar-refractivity contribution is -0.274. The van der Waals surface area contributed by atoms with Crippen LogP contribution in [0, 0.1) is 0 Å². The van der Waals surface area contributed by atoms with Crippen molar-refractivity contribution in [3.05, 3.63) is 78.4 Å². The molecule has 0 aliphatic carbocycles. The normalized spacial score (nSPS) is 11.1. The Kier molecular flexibility index (Phi) is 7.14. The van der Waals surface area contributed by atoms with E-state index in [1.54, 1.807) is 32.4 Å². The van der Waals surface area contributed by atoms with E-state index < -0.39 is 12.4 Å². The third kappa shape index (κ3) is 6.35. The van der Waals surface area contributed by atoms with Crippen LogP contribution in [0.4, 0.5) is 23.7 Å². The Morgan fingerprint density at radius 3 is 2.17 bits per heavy atom. The number of aromatic nitrogens is 1. The van der Waals surface area contributed by atoms with Gasteiger partial charge in [-0.15, -0.1) is 13.2 Å². The van der Waals surface area contributed by atoms with Gasteiger partial charge in [0.15, 0.2) is 0 Å². The summed E-state index contributed by atoms with van der Waals surface area (Å²) in [5.41, 5.74) is 3.34. The lowest BCUT2D eigenvalue weighted by atomic mass is 10.1. The molecule has 0 atom stereocenters. The smallest absolute Gasteiger partial charge is 0.497 e. The monoisotopic (exact) mass is 497 g/mol. The Balaban J connectivity index is 1.43. The molecule has 0 saturated heterocycles. The van der Waals surface area contributed by atoms with Gasteiger partial charge < -0.3 is 24.8 Å². The van der Waals surface area contributed by atoms with Crippen LogP contribution in [-0.4, -0.2) is 31.6 Å². The first-order chi connectivity index (χ1) is 17.2. The van der Waals surface area contributed by atoms with Crippen LogP contribution in [0.5, 0.6) is 17.2 Å². The molecule has 0 unspecified atom stereocenters. The van der Waals surface area contributed by atoms with Crippen molar-refractivity contribution < 1.29 is 32.2 Å². The van der Waals surface area contributed by atoms with Crippen LogP contribution in [0.2, 0.25) is 0 Å². The average Bonchev–Trinajstić information content (AvgIpc) is 2.86. The molecule has 0 fully saturated rings. The molecular formula is C26H22F3N3O4. The van der Waals surface area contributed by atoms with E-state index in [-0.39, 0.29) is 12.3 Å². The summed E-state index contributed by atoms with van der Waals surface area (Å²) in [6.07, 6.45) is -4.75. The van der Waals surface area contributed by atoms with E-state index >= 15 is 0 Å². The molecule has 1 heterocycles. The standard InChI is InChI=1S/C26H22F3N3O4/c1-34-21-11-18(12-22(14-21)35-2)23-10-6-17-5-7-19(13-24(17)32-23)31-25(33)30-15-16-3-8-20(9-4-16)36-26(27,28)29/h3-14H,15H2,1-2H3,(H2,30,31,33). The zero-order valence-electron chi connectivity index (χ0n) is 19.3. The summed E-state index contributed by atoms with van der Waals surface area (Å²) in [5, 5.41) is 6.29. The average molecular weight is 497 g/mol. The number of halogens is 3. The maximum absolute atomic E-state index is 12.4. The molecule has 2 N–H and O–H groups in total. The van der Waals surface area contributed by atoms with E-state index in [9.17, 15) is 18.0 Å². The molecule has 4 rings (SSSR count). The van der Waals surface area contributed by atoms with E-state index in [1.165, 1.54) is 24.3 Å². The van der Waals surface area contributed by atoms with Crippen LogP contribution in [0.3, 0.4) is 0 Å². The SMILES string of the molecule is COc1cc(OC)cc(-c2ccc3ccc(NC(=O)NCc4ccc(OC(F)(F)F)cc4)cc3n2)c1. The molecule has 0 radical (unpaired) electrons. The first-order valence-electron chi connectivity index (χ1n) is 10.8. The molecule has 0 saturated carbocycles. The van der Waals surface area contributed by atoms with Crippen LogP contribution in [-0.2, 0) is 6.54 Å². The highest BCUT2D eigenvalue weighted by Gasteiger charge is 2.30. The summed E-state index contributed by atoms with van der Waals surface area (Å²) in [6, 6.07) is 19.4. The van der Waals surface area contributed by atoms with E-state index in [4.69, 9.17) is 14.5 Å². The van der Waals surface area contributed by atoms with Crippen molar-refractivity contribution in [1.29, 1.82) is 0 Å². The fourth-order valence-corrected chi connectivity index (χ4v) is 3.48. The number of fused-ring (bicyclic) bond motifs is 1. The number of methoxy groups -OCH3 is 2. The molecule has 0 bridgehead atoms. The van der Waals surface area contributed by atoms with E-state index in [2.05, 4.69) is 15.4 Å². The number of carbonyl (C=O) groups is 1. The molecule has 3 aromatic carbocycles. The number of hydrogen-bond acceptors (Lipinski definition) is 5. The van der Waals surface area contributed by atoms with Crippen molar-refractivity contribution in [2.45, 2.75) is 12.9 Å². The zero-order valence-corrected chi connectivity index (χ0v) is 19.3. The number of hydrogen-bond donors (Lipinski definition) is 2. The molecule has 0 spiro atoms. The molecule has 36 heavy (non-hydrogen) atoms. The third-order valence-corrected chi connectivity index (χ3v) is 5.21. The van der Waals surface area contributed by atoms with Crippen LogP contribution >= 0.6 is 0 Å². The quantitative estimate of drug-likeness (QED) is 0.321. The second-order valence-electron chi connectivity index (χ2n) is 7.70. The molecule has 2 amide bonds. The predicted octanol–water partition coefficient (Wildman–Crippen LogP) is 6.14. The van der Waals surface area contributed by atoms with Crippen molar-refractivity contribution in [1.82, 2.24) is 10.3 Å². The van der Waals surface area contributed by atoms with Crippen LogP contribution in [0.25, 0.3) is 22.2 Å². The van der Waals surface area contributed by atoms with E-state index in [1.807, 2.05) is 30.3 Å². The fraction of sp³-hybridized carbons (Fsp3) is 0.154. The minimum atomic E-state index is -4.75. The van der Waals surface area contributed by atoms with Gasteiger partial charge in [-0.25, -0.2) is 9.78 Å². The molecule has 0 aliphatic rings. The summed E-state index contributed by atoms with van der Waals surface area (Å²) in [7, 11) is 3.15. The highest BCUT2D eigenvalue weighted by molar-refractivity contribution is 5.93. The molecule has 4 aromatic rings. The molecule has 7 nitrogen and oxygen atoms in total. The lowest BCUT2D eigenvalue weighted by Gasteiger charge is -2.11. The Morgan fingerprint density at radius 1 is 0.861 bits per heavy atom. The number of rotatable bonds is 7. The third-order valence-electron chi connectivity index (χ3n) is 5.21. The maximum Gasteiger partial charge on any atom is 0.573 e. The van der Waals surface area contributed by atoms with Gasteiger partial charge in [-0.2, -0.15) is 0 Å². The Hall–Kier alpha value is -4.47. The summed E-state index contributed by atoms with van der Waals surface area (Å²) < 4.78 is 51.3. The van der Waals surface area contributed by atoms with Gasteiger partial charge in [0, 0.05) is 29.2 Å². The van der Waals surface area contributed by atoms with Gasteiger partial charge >= 0.3 is 12.4 Å². The number of pyridine rings is 1. The topological polar surface area (TPSA) is 81.7 Å². The van der Waals surface area contributed by atoms with Gasteiger partial charge in [-0.3, -0.25) is 0 Å². The van der Waals surface area contributed by atoms with Gasteiger partial charge in [-0.05, 0) is 48.0 Å². The second kappa shape index (κ2) is 10.4. The Bertz CT molecular complexity index is 1350. The highest BCUT2D eigenvalue weighted by atomic mass is 19.4. The van der Waals surface area contributed by atoms with Gasteiger partial charge in [0.25, 0.3) is 0 Å². The molecule has 0 aliphatic heterocycles. The lowest BCUT2D eigenvalue weighted by Crippen LogP contribution is -2.28. The number of alkyl halides is 3. The minimum absolute atomic E-state index is 0.117. The number of anilines is 1. The van der Waals surface area contributed by atoms with Gasteiger partial charge in [0.1, 0.15) is 17.2 Å². The zero-order chi connectivity index (χ0) is 25.7. The van der Waals surface area contributed by atoms with Crippen LogP contribution in [0.1, 0.15) is 5.56 Å². The Morgan fingerprint density at radius 2 is 1.53 bits per heavy atom. The molecule has 10 heteroatoms. The van der Waals surface area contributed by atoms with Crippen molar-refractivity contribution in [3.63, 3.8) is 0 Å². The van der Waals surface area contributed by atoms with E-state index in [0.717, 1.165) is 10.9 Å². The minimum Gasteiger partial charge on any atom is -0.497 e. The first-order valence-corrected chi connectivity index (χ1v) is 10.8. The summed E-state index contributed by atoms with van der Waals surface area (Å²) >= 11 is 0. The van der Waals surface area contributed by atoms with Gasteiger partial charge in [0.2, 0.25) is 0 Å². The predicted molar refractivity (Wildman–Crippen MR) is 129 cm³/mol. The number of amides is 2. The number of ether oxygens (including phenoxy) is 3. The fourth-order valence-electron chi connectivity index (χ4n) is 3.48. The van der Waals surface area contributed by atoms with Crippen LogP contribution in [0.15, 0.2) is 72.8 Å². The van der Waals surface area contributed by atoms with Gasteiger partial charge in [-0.1, -0.05) is 24.3 Å². The van der Waals surface area contributed by atoms with Gasteiger partial charge in [0.05, 0.1) is 25.4 Å². The number of nitrogens with one attached hydrogen (secondary N) is 2. The number of benzene rings is 3. The highest BCUT2D eigenvalue weighted by Crippen LogP contribution is 2.30. The first kappa shape index (κ1) is 24.6. The second-order valence-corrected chi connectivity index (χ2v) is 7.70. The summed E-state index contributed by atoms with van der Waals surface area (Å²) in [5.74, 6) is 0.952. The van der Waals surface area contributed by atoms with Crippen molar-refractivity contribution >= 4 is 22.6 Å². The van der Waals surface area contributed by atoms with Crippen molar-refractivity contribution in [3.8, 4) is 28.5 Å². The van der Waals surface area contributed by atoms with Crippen molar-refractivity contribution in [2.75, 3.05) is 19.5 Å². The molecule has 186 valence electrons. The summed E-state index contributed by atoms with van der Waals surface area (Å²) in [6.45, 7) is 0.117. The van der Waals surface area contributed by atoms with E-state index in [0.29, 0.717) is 34.0 Å². The largest absolute Gasteiger partial charge is 0.573 e. The Labute approximate surface area is 204 Å². The van der Waals surface area contributed by atoms with Crippen LogP contribution < -0.4 is 24.8 Å². The number of nitrogens with zero attached hydrogens (tertiary/aromatic N) is 1.